The summed E-state index contributed by atoms with van der Waals surface area (Å²) >= 11 is 0. The van der Waals surface area contributed by atoms with E-state index in [2.05, 4.69) is 5.10 Å². The molecule has 0 saturated heterocycles. The smallest absolute Gasteiger partial charge is 0.165 e. The monoisotopic (exact) mass is 208 g/mol. The van der Waals surface area contributed by atoms with Gasteiger partial charge in [-0.15, -0.1) is 0 Å². The van der Waals surface area contributed by atoms with Gasteiger partial charge in [0.2, 0.25) is 0 Å². The molecule has 1 aliphatic carbocycles. The first-order valence-corrected chi connectivity index (χ1v) is 5.47. The molecule has 0 spiro atoms. The highest BCUT2D eigenvalue weighted by atomic mass is 16.3. The van der Waals surface area contributed by atoms with Gasteiger partial charge in [-0.2, -0.15) is 5.10 Å². The maximum absolute atomic E-state index is 11.4. The van der Waals surface area contributed by atoms with Crippen molar-refractivity contribution in [3.63, 3.8) is 0 Å². The van der Waals surface area contributed by atoms with Crippen molar-refractivity contribution >= 4 is 5.78 Å². The molecular weight excluding hydrogens is 192 g/mol. The zero-order valence-corrected chi connectivity index (χ0v) is 8.89. The molecule has 0 unspecified atom stereocenters. The van der Waals surface area contributed by atoms with Crippen molar-refractivity contribution in [3.05, 3.63) is 18.0 Å². The average Bonchev–Trinajstić information content (AvgIpc) is 2.84. The molecule has 1 saturated carbocycles. The Morgan fingerprint density at radius 2 is 2.47 bits per heavy atom. The van der Waals surface area contributed by atoms with E-state index in [-0.39, 0.29) is 17.9 Å². The maximum Gasteiger partial charge on any atom is 0.165 e. The van der Waals surface area contributed by atoms with Gasteiger partial charge in [0, 0.05) is 12.6 Å². The summed E-state index contributed by atoms with van der Waals surface area (Å²) < 4.78 is 1.74. The van der Waals surface area contributed by atoms with Crippen molar-refractivity contribution in [2.45, 2.75) is 44.8 Å². The van der Waals surface area contributed by atoms with E-state index in [1.165, 1.54) is 0 Å². The van der Waals surface area contributed by atoms with Crippen LogP contribution in [0.4, 0.5) is 0 Å². The molecule has 1 aromatic rings. The predicted octanol–water partition coefficient (Wildman–Crippen LogP) is 1.56. The third-order valence-corrected chi connectivity index (χ3v) is 3.03. The number of rotatable bonds is 3. The van der Waals surface area contributed by atoms with Crippen LogP contribution in [0.1, 0.15) is 49.0 Å². The molecule has 0 amide bonds. The highest BCUT2D eigenvalue weighted by Crippen LogP contribution is 2.29. The van der Waals surface area contributed by atoms with Crippen LogP contribution in [0.5, 0.6) is 0 Å². The first-order chi connectivity index (χ1) is 7.22. The quantitative estimate of drug-likeness (QED) is 0.767. The summed E-state index contributed by atoms with van der Waals surface area (Å²) in [5.41, 5.74) is 0.650. The molecule has 0 radical (unpaired) electrons. The van der Waals surface area contributed by atoms with E-state index in [0.717, 1.165) is 19.3 Å². The zero-order chi connectivity index (χ0) is 10.8. The van der Waals surface area contributed by atoms with Crippen LogP contribution in [0.25, 0.3) is 0 Å². The Morgan fingerprint density at radius 3 is 3.07 bits per heavy atom. The standard InChI is InChI=1S/C11H16N2O2/c1-2-10(14)8-6-12-13(7-8)9-4-3-5-11(9)15/h6-7,9,11,15H,2-5H2,1H3/t9-,11-/m1/s1. The summed E-state index contributed by atoms with van der Waals surface area (Å²) in [7, 11) is 0. The third kappa shape index (κ3) is 1.95. The van der Waals surface area contributed by atoms with Crippen LogP contribution < -0.4 is 0 Å². The van der Waals surface area contributed by atoms with Crippen molar-refractivity contribution in [2.24, 2.45) is 0 Å². The molecule has 15 heavy (non-hydrogen) atoms. The average molecular weight is 208 g/mol. The number of Topliss-reactive ketones (excluding diaryl/α,β-unsaturated/α-hetero) is 1. The number of aliphatic hydroxyl groups is 1. The van der Waals surface area contributed by atoms with E-state index in [1.807, 2.05) is 6.92 Å². The van der Waals surface area contributed by atoms with Gasteiger partial charge in [-0.1, -0.05) is 6.92 Å². The number of hydrogen-bond acceptors (Lipinski definition) is 3. The van der Waals surface area contributed by atoms with E-state index in [4.69, 9.17) is 0 Å². The number of carbonyl (C=O) groups excluding carboxylic acids is 1. The molecule has 2 atom stereocenters. The van der Waals surface area contributed by atoms with Crippen molar-refractivity contribution in [1.82, 2.24) is 9.78 Å². The highest BCUT2D eigenvalue weighted by molar-refractivity contribution is 5.95. The molecular formula is C11H16N2O2. The van der Waals surface area contributed by atoms with Crippen LogP contribution in [0, 0.1) is 0 Å². The van der Waals surface area contributed by atoms with E-state index in [1.54, 1.807) is 17.1 Å². The van der Waals surface area contributed by atoms with Crippen LogP contribution in [0.3, 0.4) is 0 Å². The number of ketones is 1. The molecule has 4 heteroatoms. The van der Waals surface area contributed by atoms with Gasteiger partial charge in [0.15, 0.2) is 5.78 Å². The number of nitrogens with zero attached hydrogens (tertiary/aromatic N) is 2. The lowest BCUT2D eigenvalue weighted by Gasteiger charge is -2.14. The minimum absolute atomic E-state index is 0.0587. The fourth-order valence-corrected chi connectivity index (χ4v) is 2.10. The maximum atomic E-state index is 11.4. The number of aliphatic hydroxyl groups excluding tert-OH is 1. The molecule has 4 nitrogen and oxygen atoms in total. The van der Waals surface area contributed by atoms with Gasteiger partial charge in [0.1, 0.15) is 0 Å². The summed E-state index contributed by atoms with van der Waals surface area (Å²) in [6.07, 6.45) is 6.35. The molecule has 1 fully saturated rings. The minimum atomic E-state index is -0.311. The van der Waals surface area contributed by atoms with E-state index >= 15 is 0 Å². The molecule has 82 valence electrons. The molecule has 1 aromatic heterocycles. The van der Waals surface area contributed by atoms with Crippen molar-refractivity contribution in [3.8, 4) is 0 Å². The number of hydrogen-bond donors (Lipinski definition) is 1. The lowest BCUT2D eigenvalue weighted by Crippen LogP contribution is -2.18. The Bertz CT molecular complexity index is 359. The second kappa shape index (κ2) is 4.14. The van der Waals surface area contributed by atoms with Gasteiger partial charge in [-0.05, 0) is 19.3 Å². The van der Waals surface area contributed by atoms with Crippen molar-refractivity contribution < 1.29 is 9.90 Å². The summed E-state index contributed by atoms with van der Waals surface area (Å²) in [6, 6.07) is 0.0587. The Kier molecular flexibility index (Phi) is 2.86. The third-order valence-electron chi connectivity index (χ3n) is 3.03. The van der Waals surface area contributed by atoms with Gasteiger partial charge in [0.05, 0.1) is 23.9 Å². The Balaban J connectivity index is 2.16. The van der Waals surface area contributed by atoms with Crippen LogP contribution in [0.2, 0.25) is 0 Å². The summed E-state index contributed by atoms with van der Waals surface area (Å²) in [5.74, 6) is 0.105. The van der Waals surface area contributed by atoms with Gasteiger partial charge in [-0.25, -0.2) is 0 Å². The Morgan fingerprint density at radius 1 is 1.67 bits per heavy atom. The summed E-state index contributed by atoms with van der Waals surface area (Å²) in [5, 5.41) is 13.9. The van der Waals surface area contributed by atoms with Gasteiger partial charge in [-0.3, -0.25) is 9.48 Å². The Hall–Kier alpha value is -1.16. The lowest BCUT2D eigenvalue weighted by atomic mass is 10.2. The Labute approximate surface area is 88.9 Å². The molecule has 1 N–H and O–H groups in total. The largest absolute Gasteiger partial charge is 0.391 e. The van der Waals surface area contributed by atoms with Gasteiger partial charge >= 0.3 is 0 Å². The molecule has 2 rings (SSSR count). The molecule has 1 heterocycles. The summed E-state index contributed by atoms with van der Waals surface area (Å²) in [4.78, 5) is 11.4. The van der Waals surface area contributed by atoms with Crippen molar-refractivity contribution in [2.75, 3.05) is 0 Å². The first kappa shape index (κ1) is 10.4. The highest BCUT2D eigenvalue weighted by Gasteiger charge is 2.27. The van der Waals surface area contributed by atoms with E-state index < -0.39 is 0 Å². The second-order valence-electron chi connectivity index (χ2n) is 4.05. The van der Waals surface area contributed by atoms with E-state index in [9.17, 15) is 9.90 Å². The van der Waals surface area contributed by atoms with Crippen LogP contribution in [-0.4, -0.2) is 26.8 Å². The SMILES string of the molecule is CCC(=O)c1cnn([C@@H]2CCC[C@H]2O)c1. The molecule has 0 aromatic carbocycles. The fraction of sp³-hybridized carbons (Fsp3) is 0.636. The normalized spacial score (nSPS) is 25.7. The molecule has 0 bridgehead atoms. The number of carbonyl (C=O) groups is 1. The topological polar surface area (TPSA) is 55.1 Å². The van der Waals surface area contributed by atoms with Crippen molar-refractivity contribution in [1.29, 1.82) is 0 Å². The van der Waals surface area contributed by atoms with Gasteiger partial charge in [0.25, 0.3) is 0 Å². The first-order valence-electron chi connectivity index (χ1n) is 5.47. The summed E-state index contributed by atoms with van der Waals surface area (Å²) in [6.45, 7) is 1.84. The predicted molar refractivity (Wildman–Crippen MR) is 55.7 cm³/mol. The minimum Gasteiger partial charge on any atom is -0.391 e. The van der Waals surface area contributed by atoms with Gasteiger partial charge < -0.3 is 5.11 Å². The lowest BCUT2D eigenvalue weighted by molar-refractivity contribution is 0.0987. The molecule has 0 aliphatic heterocycles. The van der Waals surface area contributed by atoms with E-state index in [0.29, 0.717) is 12.0 Å². The fourth-order valence-electron chi connectivity index (χ4n) is 2.10. The second-order valence-corrected chi connectivity index (χ2v) is 4.05. The van der Waals surface area contributed by atoms with Crippen LogP contribution in [0.15, 0.2) is 12.4 Å². The van der Waals surface area contributed by atoms with Crippen LogP contribution in [-0.2, 0) is 0 Å². The molecule has 1 aliphatic rings. The zero-order valence-electron chi connectivity index (χ0n) is 8.89. The van der Waals surface area contributed by atoms with Crippen LogP contribution >= 0.6 is 0 Å². The number of aromatic nitrogens is 2.